The second-order valence-electron chi connectivity index (χ2n) is 4.84. The van der Waals surface area contributed by atoms with Gasteiger partial charge in [0.05, 0.1) is 10.5 Å². The molecule has 3 aromatic carbocycles. The van der Waals surface area contributed by atoms with E-state index in [1.54, 1.807) is 30.3 Å². The van der Waals surface area contributed by atoms with Gasteiger partial charge in [-0.05, 0) is 36.4 Å². The Balaban J connectivity index is 0.000000270. The van der Waals surface area contributed by atoms with Gasteiger partial charge in [0.25, 0.3) is 0 Å². The molecule has 0 aliphatic carbocycles. The van der Waals surface area contributed by atoms with Crippen molar-refractivity contribution in [2.24, 2.45) is 0 Å². The first-order valence-electron chi connectivity index (χ1n) is 7.30. The topological polar surface area (TPSA) is 83.5 Å². The van der Waals surface area contributed by atoms with Gasteiger partial charge in [-0.2, -0.15) is 0 Å². The van der Waals surface area contributed by atoms with E-state index in [0.29, 0.717) is 11.3 Å². The summed E-state index contributed by atoms with van der Waals surface area (Å²) >= 11 is 0. The van der Waals surface area contributed by atoms with Crippen molar-refractivity contribution in [2.45, 2.75) is 4.90 Å². The van der Waals surface area contributed by atoms with Crippen LogP contribution in [0.5, 0.6) is 5.75 Å². The number of hydrogen-bond donors (Lipinski definition) is 0. The summed E-state index contributed by atoms with van der Waals surface area (Å²) in [6.07, 6.45) is 0. The van der Waals surface area contributed by atoms with Crippen molar-refractivity contribution in [1.82, 2.24) is 0 Å². The molecular weight excluding hydrogens is 363 g/mol. The average molecular weight is 378 g/mol. The Labute approximate surface area is 174 Å². The fourth-order valence-electron chi connectivity index (χ4n) is 1.82. The molecule has 0 unspecified atom stereocenters. The standard InChI is InChI=1S/C13H10O2.C6H6O3S.Na/c14-13(11-7-3-1-4-8-11)15-12-9-5-2-6-10-12;7-10(8,9)6-4-2-1-3-5-6;/h1-10H;1-5H,(H,7,8,9);/q;;+1/p-1. The van der Waals surface area contributed by atoms with Gasteiger partial charge < -0.3 is 9.29 Å². The molecule has 0 saturated heterocycles. The smallest absolute Gasteiger partial charge is 0.744 e. The van der Waals surface area contributed by atoms with Crippen LogP contribution in [0.2, 0.25) is 0 Å². The third kappa shape index (κ3) is 7.51. The second-order valence-corrected chi connectivity index (χ2v) is 6.22. The van der Waals surface area contributed by atoms with Gasteiger partial charge in [0.15, 0.2) is 0 Å². The molecular formula is C19H15NaO5S. The van der Waals surface area contributed by atoms with Crippen molar-refractivity contribution in [2.75, 3.05) is 0 Å². The third-order valence-corrected chi connectivity index (χ3v) is 3.84. The van der Waals surface area contributed by atoms with Gasteiger partial charge >= 0.3 is 35.5 Å². The zero-order chi connectivity index (χ0) is 18.1. The molecule has 5 nitrogen and oxygen atoms in total. The largest absolute Gasteiger partial charge is 1.00 e. The molecule has 0 saturated carbocycles. The van der Waals surface area contributed by atoms with Gasteiger partial charge in [-0.3, -0.25) is 0 Å². The maximum absolute atomic E-state index is 11.6. The molecule has 0 atom stereocenters. The molecule has 0 aromatic heterocycles. The summed E-state index contributed by atoms with van der Waals surface area (Å²) in [5.41, 5.74) is 0.557. The minimum atomic E-state index is -4.25. The van der Waals surface area contributed by atoms with E-state index in [0.717, 1.165) is 0 Å². The predicted molar refractivity (Wildman–Crippen MR) is 92.2 cm³/mol. The summed E-state index contributed by atoms with van der Waals surface area (Å²) in [5, 5.41) is 0. The van der Waals surface area contributed by atoms with Gasteiger partial charge in [-0.15, -0.1) is 0 Å². The third-order valence-electron chi connectivity index (χ3n) is 3.00. The molecule has 0 aliphatic heterocycles. The van der Waals surface area contributed by atoms with Crippen LogP contribution in [0.15, 0.2) is 95.9 Å². The van der Waals surface area contributed by atoms with Crippen molar-refractivity contribution < 1.29 is 52.1 Å². The Morgan fingerprint density at radius 2 is 1.15 bits per heavy atom. The molecule has 0 heterocycles. The fourth-order valence-corrected chi connectivity index (χ4v) is 2.31. The number of esters is 1. The van der Waals surface area contributed by atoms with E-state index in [1.807, 2.05) is 36.4 Å². The van der Waals surface area contributed by atoms with Crippen molar-refractivity contribution in [1.29, 1.82) is 0 Å². The number of para-hydroxylation sites is 1. The van der Waals surface area contributed by atoms with Gasteiger partial charge in [-0.1, -0.05) is 54.6 Å². The number of rotatable bonds is 3. The monoisotopic (exact) mass is 378 g/mol. The zero-order valence-corrected chi connectivity index (χ0v) is 16.9. The van der Waals surface area contributed by atoms with Crippen LogP contribution in [0.4, 0.5) is 0 Å². The summed E-state index contributed by atoms with van der Waals surface area (Å²) in [6, 6.07) is 25.1. The molecule has 128 valence electrons. The summed E-state index contributed by atoms with van der Waals surface area (Å²) in [6.45, 7) is 0. The minimum absolute atomic E-state index is 0. The van der Waals surface area contributed by atoms with E-state index < -0.39 is 10.1 Å². The average Bonchev–Trinajstić information content (AvgIpc) is 2.64. The van der Waals surface area contributed by atoms with Gasteiger partial charge in [0.1, 0.15) is 15.9 Å². The fraction of sp³-hybridized carbons (Fsp3) is 0. The van der Waals surface area contributed by atoms with Gasteiger partial charge in [0, 0.05) is 0 Å². The molecule has 0 fully saturated rings. The first-order chi connectivity index (χ1) is 12.0. The van der Waals surface area contributed by atoms with E-state index in [4.69, 9.17) is 4.74 Å². The normalized spacial score (nSPS) is 9.88. The Hall–Kier alpha value is -1.96. The van der Waals surface area contributed by atoms with E-state index in [1.165, 1.54) is 24.3 Å². The van der Waals surface area contributed by atoms with Crippen LogP contribution in [0, 0.1) is 0 Å². The number of carbonyl (C=O) groups excluding carboxylic acids is 1. The molecule has 3 rings (SSSR count). The van der Waals surface area contributed by atoms with Gasteiger partial charge in [0.2, 0.25) is 0 Å². The maximum Gasteiger partial charge on any atom is 1.00 e. The zero-order valence-electron chi connectivity index (χ0n) is 14.1. The van der Waals surface area contributed by atoms with Gasteiger partial charge in [-0.25, -0.2) is 13.2 Å². The van der Waals surface area contributed by atoms with Crippen LogP contribution in [0.1, 0.15) is 10.4 Å². The molecule has 0 bridgehead atoms. The van der Waals surface area contributed by atoms with Crippen LogP contribution in [0.3, 0.4) is 0 Å². The quantitative estimate of drug-likeness (QED) is 0.287. The summed E-state index contributed by atoms with van der Waals surface area (Å²) in [4.78, 5) is 11.4. The minimum Gasteiger partial charge on any atom is -0.744 e. The molecule has 26 heavy (non-hydrogen) atoms. The van der Waals surface area contributed by atoms with E-state index in [2.05, 4.69) is 0 Å². The number of carbonyl (C=O) groups is 1. The summed E-state index contributed by atoms with van der Waals surface area (Å²) in [5.74, 6) is 0.230. The second kappa shape index (κ2) is 10.9. The molecule has 0 spiro atoms. The van der Waals surface area contributed by atoms with Crippen molar-refractivity contribution in [3.8, 4) is 5.75 Å². The van der Waals surface area contributed by atoms with Crippen LogP contribution in [-0.4, -0.2) is 18.9 Å². The number of benzene rings is 3. The van der Waals surface area contributed by atoms with Crippen molar-refractivity contribution in [3.05, 3.63) is 96.6 Å². The maximum atomic E-state index is 11.6. The van der Waals surface area contributed by atoms with Crippen molar-refractivity contribution in [3.63, 3.8) is 0 Å². The van der Waals surface area contributed by atoms with Crippen molar-refractivity contribution >= 4 is 16.1 Å². The first kappa shape index (κ1) is 22.1. The molecule has 7 heteroatoms. The van der Waals surface area contributed by atoms with Crippen LogP contribution < -0.4 is 34.3 Å². The van der Waals surface area contributed by atoms with Crippen LogP contribution in [-0.2, 0) is 10.1 Å². The Kier molecular flexibility index (Phi) is 9.26. The predicted octanol–water partition coefficient (Wildman–Crippen LogP) is 0.500. The number of hydrogen-bond acceptors (Lipinski definition) is 5. The van der Waals surface area contributed by atoms with E-state index >= 15 is 0 Å². The Bertz CT molecular complexity index is 898. The van der Waals surface area contributed by atoms with Crippen LogP contribution in [0.25, 0.3) is 0 Å². The molecule has 0 aliphatic rings. The number of ether oxygens (including phenoxy) is 1. The molecule has 0 N–H and O–H groups in total. The molecule has 0 amide bonds. The summed E-state index contributed by atoms with van der Waals surface area (Å²) in [7, 11) is -4.25. The Morgan fingerprint density at radius 3 is 1.58 bits per heavy atom. The van der Waals surface area contributed by atoms with E-state index in [9.17, 15) is 17.8 Å². The van der Waals surface area contributed by atoms with E-state index in [-0.39, 0.29) is 40.4 Å². The Morgan fingerprint density at radius 1 is 0.731 bits per heavy atom. The van der Waals surface area contributed by atoms with Crippen LogP contribution >= 0.6 is 0 Å². The first-order valence-corrected chi connectivity index (χ1v) is 8.71. The SMILES string of the molecule is O=C(Oc1ccccc1)c1ccccc1.O=S(=O)([O-])c1ccccc1.[Na+]. The summed E-state index contributed by atoms with van der Waals surface area (Å²) < 4.78 is 36.0. The molecule has 0 radical (unpaired) electrons. The molecule has 3 aromatic rings.